The summed E-state index contributed by atoms with van der Waals surface area (Å²) >= 11 is 0. The van der Waals surface area contributed by atoms with Crippen molar-refractivity contribution < 1.29 is 0 Å². The Morgan fingerprint density at radius 1 is 0.522 bits per heavy atom. The molecule has 0 aliphatic heterocycles. The molecule has 0 bridgehead atoms. The van der Waals surface area contributed by atoms with E-state index in [1.165, 1.54) is 97.3 Å². The van der Waals surface area contributed by atoms with E-state index in [2.05, 4.69) is 150 Å². The Morgan fingerprint density at radius 2 is 1.13 bits per heavy atom. The molecule has 0 fully saturated rings. The number of aromatic amines is 1. The maximum Gasteiger partial charge on any atom is 0.123 e. The average molecular weight is 600 g/mol. The van der Waals surface area contributed by atoms with Gasteiger partial charge in [0.15, 0.2) is 0 Å². The van der Waals surface area contributed by atoms with Crippen molar-refractivity contribution in [2.45, 2.75) is 59.3 Å². The third kappa shape index (κ3) is 4.82. The fourth-order valence-corrected chi connectivity index (χ4v) is 7.29. The Hall–Kier alpha value is -5.02. The largest absolute Gasteiger partial charge is 0.347 e. The zero-order valence-corrected chi connectivity index (χ0v) is 27.1. The quantitative estimate of drug-likeness (QED) is 0.171. The molecular formula is C43H41N3. The van der Waals surface area contributed by atoms with Gasteiger partial charge in [0.2, 0.25) is 0 Å². The summed E-state index contributed by atoms with van der Waals surface area (Å²) in [6.07, 6.45) is 9.23. The van der Waals surface area contributed by atoms with Gasteiger partial charge in [-0.05, 0) is 116 Å². The Morgan fingerprint density at radius 3 is 1.91 bits per heavy atom. The molecule has 5 aromatic carbocycles. The second-order valence-corrected chi connectivity index (χ2v) is 12.9. The van der Waals surface area contributed by atoms with Crippen LogP contribution in [0.4, 0.5) is 0 Å². The number of H-pyrrole nitrogens is 1. The first-order valence-electron chi connectivity index (χ1n) is 17.0. The molecule has 0 spiro atoms. The Bertz CT molecular complexity index is 2340. The first-order chi connectivity index (χ1) is 22.6. The molecule has 0 amide bonds. The summed E-state index contributed by atoms with van der Waals surface area (Å²) in [6, 6.07) is 41.2. The minimum absolute atomic E-state index is 1.12. The van der Waals surface area contributed by atoms with Crippen LogP contribution in [-0.2, 0) is 12.8 Å². The molecule has 3 nitrogen and oxygen atoms in total. The Labute approximate surface area is 271 Å². The van der Waals surface area contributed by atoms with Crippen molar-refractivity contribution in [3.63, 3.8) is 0 Å². The zero-order valence-electron chi connectivity index (χ0n) is 27.1. The van der Waals surface area contributed by atoms with Crippen LogP contribution in [0.3, 0.4) is 0 Å². The number of hydrogen-bond donors (Lipinski definition) is 1. The van der Waals surface area contributed by atoms with E-state index < -0.39 is 0 Å². The van der Waals surface area contributed by atoms with E-state index in [9.17, 15) is 0 Å². The van der Waals surface area contributed by atoms with Crippen LogP contribution < -0.4 is 0 Å². The van der Waals surface area contributed by atoms with Crippen LogP contribution in [0.25, 0.3) is 66.2 Å². The second-order valence-electron chi connectivity index (χ2n) is 12.9. The van der Waals surface area contributed by atoms with E-state index >= 15 is 0 Å². The lowest BCUT2D eigenvalue weighted by Gasteiger charge is -2.13. The van der Waals surface area contributed by atoms with Crippen LogP contribution >= 0.6 is 0 Å². The van der Waals surface area contributed by atoms with Gasteiger partial charge in [0, 0.05) is 39.1 Å². The molecular weight excluding hydrogens is 558 g/mol. The molecule has 0 aliphatic carbocycles. The molecule has 0 atom stereocenters. The van der Waals surface area contributed by atoms with Gasteiger partial charge in [-0.1, -0.05) is 80.8 Å². The summed E-state index contributed by atoms with van der Waals surface area (Å²) in [5.74, 6) is 0. The molecule has 0 saturated carbocycles. The minimum atomic E-state index is 1.12. The van der Waals surface area contributed by atoms with Crippen LogP contribution in [0.2, 0.25) is 0 Å². The summed E-state index contributed by atoms with van der Waals surface area (Å²) < 4.78 is 4.82. The number of nitrogens with zero attached hydrogens (tertiary/aromatic N) is 2. The van der Waals surface area contributed by atoms with Crippen LogP contribution in [-0.4, -0.2) is 14.1 Å². The molecule has 0 aliphatic rings. The lowest BCUT2D eigenvalue weighted by atomic mass is 10.0. The van der Waals surface area contributed by atoms with Crippen molar-refractivity contribution in [2.75, 3.05) is 0 Å². The highest BCUT2D eigenvalue weighted by molar-refractivity contribution is 6.11. The predicted octanol–water partition coefficient (Wildman–Crippen LogP) is 11.9. The lowest BCUT2D eigenvalue weighted by molar-refractivity contribution is 0.795. The number of aromatic nitrogens is 3. The van der Waals surface area contributed by atoms with Crippen molar-refractivity contribution >= 4 is 43.7 Å². The molecule has 3 heterocycles. The molecule has 8 rings (SSSR count). The van der Waals surface area contributed by atoms with Crippen LogP contribution in [0.5, 0.6) is 0 Å². The topological polar surface area (TPSA) is 25.6 Å². The van der Waals surface area contributed by atoms with Gasteiger partial charge >= 0.3 is 0 Å². The van der Waals surface area contributed by atoms with Crippen molar-refractivity contribution in [3.05, 3.63) is 132 Å². The predicted molar refractivity (Wildman–Crippen MR) is 197 cm³/mol. The third-order valence-corrected chi connectivity index (χ3v) is 9.73. The summed E-state index contributed by atoms with van der Waals surface area (Å²) in [5, 5.41) is 5.17. The molecule has 8 aromatic rings. The fourth-order valence-electron chi connectivity index (χ4n) is 7.29. The van der Waals surface area contributed by atoms with Gasteiger partial charge in [-0.3, -0.25) is 4.57 Å². The Kier molecular flexibility index (Phi) is 7.25. The first kappa shape index (κ1) is 28.5. The van der Waals surface area contributed by atoms with E-state index in [0.717, 1.165) is 24.2 Å². The normalized spacial score (nSPS) is 11.9. The second kappa shape index (κ2) is 11.7. The first-order valence-corrected chi connectivity index (χ1v) is 17.0. The van der Waals surface area contributed by atoms with E-state index in [0.29, 0.717) is 0 Å². The molecule has 3 heteroatoms. The number of unbranched alkanes of at least 4 members (excludes halogenated alkanes) is 2. The fraction of sp³-hybridized carbons (Fsp3) is 0.209. The number of fused-ring (bicyclic) bond motifs is 6. The van der Waals surface area contributed by atoms with Gasteiger partial charge in [-0.15, -0.1) is 0 Å². The molecule has 3 aromatic heterocycles. The van der Waals surface area contributed by atoms with Gasteiger partial charge in [-0.25, -0.2) is 0 Å². The Balaban J connectivity index is 1.25. The smallest absolute Gasteiger partial charge is 0.123 e. The number of rotatable bonds is 9. The summed E-state index contributed by atoms with van der Waals surface area (Å²) in [6.45, 7) is 6.71. The van der Waals surface area contributed by atoms with E-state index in [4.69, 9.17) is 0 Å². The van der Waals surface area contributed by atoms with Gasteiger partial charge in [0.05, 0.1) is 16.6 Å². The van der Waals surface area contributed by atoms with Crippen molar-refractivity contribution in [1.82, 2.24) is 14.1 Å². The number of hydrogen-bond acceptors (Lipinski definition) is 0. The highest BCUT2D eigenvalue weighted by Crippen LogP contribution is 2.37. The van der Waals surface area contributed by atoms with Crippen molar-refractivity contribution in [2.24, 2.45) is 0 Å². The highest BCUT2D eigenvalue weighted by Gasteiger charge is 2.17. The lowest BCUT2D eigenvalue weighted by Crippen LogP contribution is -1.99. The van der Waals surface area contributed by atoms with E-state index in [1.807, 2.05) is 0 Å². The standard InChI is InChI=1S/C43H41N3/c1-4-6-9-30-14-17-32(18-15-30)33-19-22-42-39(27-33)36-23-24-44-43(36)46(42)35-12-8-11-34(28-35)45-40-20-13-29(3)25-37(40)38-26-31(10-7-5-2)16-21-41(38)45/h8,11-28,44H,4-7,9-10H2,1-3H3. The average Bonchev–Trinajstić information content (AvgIpc) is 3.77. The van der Waals surface area contributed by atoms with Crippen molar-refractivity contribution in [1.29, 1.82) is 0 Å². The van der Waals surface area contributed by atoms with Gasteiger partial charge < -0.3 is 9.55 Å². The highest BCUT2D eigenvalue weighted by atomic mass is 15.1. The minimum Gasteiger partial charge on any atom is -0.347 e. The number of nitrogens with one attached hydrogen (secondary N) is 1. The zero-order chi connectivity index (χ0) is 31.2. The molecule has 46 heavy (non-hydrogen) atoms. The number of benzene rings is 5. The molecule has 0 radical (unpaired) electrons. The monoisotopic (exact) mass is 599 g/mol. The molecule has 0 unspecified atom stereocenters. The van der Waals surface area contributed by atoms with Gasteiger partial charge in [0.1, 0.15) is 5.65 Å². The van der Waals surface area contributed by atoms with Crippen molar-refractivity contribution in [3.8, 4) is 22.5 Å². The maximum atomic E-state index is 3.56. The van der Waals surface area contributed by atoms with E-state index in [1.54, 1.807) is 0 Å². The molecule has 228 valence electrons. The summed E-state index contributed by atoms with van der Waals surface area (Å²) in [5.41, 5.74) is 13.8. The molecule has 1 N–H and O–H groups in total. The summed E-state index contributed by atoms with van der Waals surface area (Å²) in [4.78, 5) is 3.56. The van der Waals surface area contributed by atoms with Gasteiger partial charge in [-0.2, -0.15) is 0 Å². The van der Waals surface area contributed by atoms with Crippen LogP contribution in [0.15, 0.2) is 115 Å². The maximum absolute atomic E-state index is 3.56. The van der Waals surface area contributed by atoms with E-state index in [-0.39, 0.29) is 0 Å². The SMILES string of the molecule is CCCCc1ccc(-c2ccc3c(c2)c2cc[nH]c2n3-c2cccc(-n3c4ccc(C)cc4c4cc(CCCC)ccc43)c2)cc1. The number of aryl methyl sites for hydroxylation is 3. The third-order valence-electron chi connectivity index (χ3n) is 9.73. The van der Waals surface area contributed by atoms with Gasteiger partial charge in [0.25, 0.3) is 0 Å². The summed E-state index contributed by atoms with van der Waals surface area (Å²) in [7, 11) is 0. The van der Waals surface area contributed by atoms with Crippen LogP contribution in [0.1, 0.15) is 56.2 Å². The molecule has 0 saturated heterocycles. The van der Waals surface area contributed by atoms with Crippen LogP contribution in [0, 0.1) is 6.92 Å².